The van der Waals surface area contributed by atoms with Crippen LogP contribution < -0.4 is 4.90 Å². The Hall–Kier alpha value is -2.37. The SMILES string of the molecule is OC[C@H]1O[C@@H](n2cnc3c(N4CC5(CCCC5)c5ccc(F)cc54)nc(Cl)nc32)C(O)[C@H]1O. The number of nitrogens with zero attached hydrogens (tertiary/aromatic N) is 5. The van der Waals surface area contributed by atoms with Gasteiger partial charge in [-0.3, -0.25) is 4.57 Å². The van der Waals surface area contributed by atoms with Crippen molar-refractivity contribution in [2.24, 2.45) is 0 Å². The number of aromatic nitrogens is 4. The number of fused-ring (bicyclic) bond motifs is 3. The maximum Gasteiger partial charge on any atom is 0.226 e. The fourth-order valence-electron chi connectivity index (χ4n) is 5.68. The second-order valence-electron chi connectivity index (χ2n) is 9.10. The van der Waals surface area contributed by atoms with Gasteiger partial charge in [0, 0.05) is 17.6 Å². The average Bonchev–Trinajstić information content (AvgIpc) is 3.56. The zero-order chi connectivity index (χ0) is 22.9. The number of aliphatic hydroxyl groups is 3. The van der Waals surface area contributed by atoms with E-state index in [0.717, 1.165) is 36.9 Å². The molecule has 1 unspecified atom stereocenters. The Morgan fingerprint density at radius 1 is 1.18 bits per heavy atom. The molecular formula is C22H23ClFN5O4. The Balaban J connectivity index is 1.48. The normalized spacial score (nSPS) is 28.3. The van der Waals surface area contributed by atoms with E-state index in [1.165, 1.54) is 23.0 Å². The van der Waals surface area contributed by atoms with Crippen molar-refractivity contribution in [2.45, 2.75) is 55.6 Å². The van der Waals surface area contributed by atoms with Crippen LogP contribution in [0.1, 0.15) is 37.5 Å². The van der Waals surface area contributed by atoms with Gasteiger partial charge in [0.15, 0.2) is 23.2 Å². The maximum absolute atomic E-state index is 14.3. The van der Waals surface area contributed by atoms with Crippen LogP contribution in [0.4, 0.5) is 15.9 Å². The van der Waals surface area contributed by atoms with Crippen molar-refractivity contribution < 1.29 is 24.4 Å². The third-order valence-corrected chi connectivity index (χ3v) is 7.44. The van der Waals surface area contributed by atoms with Gasteiger partial charge in [-0.25, -0.2) is 9.37 Å². The van der Waals surface area contributed by atoms with Gasteiger partial charge in [-0.15, -0.1) is 0 Å². The molecule has 1 aliphatic carbocycles. The average molecular weight is 476 g/mol. The van der Waals surface area contributed by atoms with Gasteiger partial charge in [0.05, 0.1) is 12.9 Å². The van der Waals surface area contributed by atoms with Gasteiger partial charge in [-0.05, 0) is 42.1 Å². The predicted octanol–water partition coefficient (Wildman–Crippen LogP) is 2.19. The first-order chi connectivity index (χ1) is 15.9. The zero-order valence-corrected chi connectivity index (χ0v) is 18.4. The lowest BCUT2D eigenvalue weighted by Crippen LogP contribution is -2.33. The summed E-state index contributed by atoms with van der Waals surface area (Å²) < 4.78 is 21.4. The minimum Gasteiger partial charge on any atom is -0.394 e. The molecule has 6 rings (SSSR count). The predicted molar refractivity (Wildman–Crippen MR) is 117 cm³/mol. The van der Waals surface area contributed by atoms with Gasteiger partial charge in [0.1, 0.15) is 24.1 Å². The van der Waals surface area contributed by atoms with Crippen LogP contribution in [0.2, 0.25) is 5.28 Å². The molecule has 3 aromatic rings. The summed E-state index contributed by atoms with van der Waals surface area (Å²) in [6, 6.07) is 4.89. The van der Waals surface area contributed by atoms with Crippen LogP contribution in [0.3, 0.4) is 0 Å². The molecule has 1 aromatic carbocycles. The highest BCUT2D eigenvalue weighted by Gasteiger charge is 2.47. The second-order valence-corrected chi connectivity index (χ2v) is 9.44. The first kappa shape index (κ1) is 21.2. The molecule has 3 aliphatic rings. The summed E-state index contributed by atoms with van der Waals surface area (Å²) in [4.78, 5) is 15.2. The topological polar surface area (TPSA) is 117 Å². The molecule has 3 N–H and O–H groups in total. The highest BCUT2D eigenvalue weighted by Crippen LogP contribution is 2.53. The summed E-state index contributed by atoms with van der Waals surface area (Å²) in [5, 5.41) is 30.0. The summed E-state index contributed by atoms with van der Waals surface area (Å²) in [7, 11) is 0. The molecular weight excluding hydrogens is 453 g/mol. The Morgan fingerprint density at radius 2 is 1.97 bits per heavy atom. The molecule has 4 atom stereocenters. The van der Waals surface area contributed by atoms with Crippen molar-refractivity contribution in [1.29, 1.82) is 0 Å². The lowest BCUT2D eigenvalue weighted by atomic mass is 9.81. The summed E-state index contributed by atoms with van der Waals surface area (Å²) in [6.45, 7) is 0.190. The molecule has 33 heavy (non-hydrogen) atoms. The molecule has 11 heteroatoms. The molecule has 1 saturated heterocycles. The molecule has 0 bridgehead atoms. The van der Waals surface area contributed by atoms with E-state index < -0.39 is 31.1 Å². The smallest absolute Gasteiger partial charge is 0.226 e. The zero-order valence-electron chi connectivity index (χ0n) is 17.6. The molecule has 0 radical (unpaired) electrons. The number of imidazole rings is 1. The van der Waals surface area contributed by atoms with Crippen molar-refractivity contribution >= 4 is 34.3 Å². The number of hydrogen-bond donors (Lipinski definition) is 3. The van der Waals surface area contributed by atoms with E-state index in [9.17, 15) is 19.7 Å². The highest BCUT2D eigenvalue weighted by atomic mass is 35.5. The van der Waals surface area contributed by atoms with Gasteiger partial charge in [-0.2, -0.15) is 9.97 Å². The first-order valence-corrected chi connectivity index (χ1v) is 11.4. The molecule has 4 heterocycles. The van der Waals surface area contributed by atoms with Crippen molar-refractivity contribution in [1.82, 2.24) is 19.5 Å². The molecule has 2 aromatic heterocycles. The maximum atomic E-state index is 14.3. The summed E-state index contributed by atoms with van der Waals surface area (Å²) in [5.41, 5.74) is 2.51. The quantitative estimate of drug-likeness (QED) is 0.494. The lowest BCUT2D eigenvalue weighted by Gasteiger charge is -2.25. The second kappa shape index (κ2) is 7.57. The van der Waals surface area contributed by atoms with E-state index in [2.05, 4.69) is 15.0 Å². The van der Waals surface area contributed by atoms with Crippen LogP contribution in [0.25, 0.3) is 11.2 Å². The Morgan fingerprint density at radius 3 is 2.70 bits per heavy atom. The Kier molecular flexibility index (Phi) is 4.86. The van der Waals surface area contributed by atoms with Crippen LogP contribution in [0, 0.1) is 5.82 Å². The number of ether oxygens (including phenoxy) is 1. The van der Waals surface area contributed by atoms with E-state index >= 15 is 0 Å². The molecule has 1 saturated carbocycles. The van der Waals surface area contributed by atoms with Gasteiger partial charge >= 0.3 is 0 Å². The molecule has 2 aliphatic heterocycles. The van der Waals surface area contributed by atoms with Crippen LogP contribution in [0.15, 0.2) is 24.5 Å². The number of rotatable bonds is 3. The monoisotopic (exact) mass is 475 g/mol. The highest BCUT2D eigenvalue weighted by molar-refractivity contribution is 6.28. The van der Waals surface area contributed by atoms with E-state index in [1.54, 1.807) is 0 Å². The Bertz CT molecular complexity index is 1230. The van der Waals surface area contributed by atoms with E-state index in [0.29, 0.717) is 23.5 Å². The number of hydrogen-bond acceptors (Lipinski definition) is 8. The van der Waals surface area contributed by atoms with E-state index in [-0.39, 0.29) is 16.5 Å². The fourth-order valence-corrected chi connectivity index (χ4v) is 5.84. The third kappa shape index (κ3) is 3.08. The van der Waals surface area contributed by atoms with Gasteiger partial charge in [0.2, 0.25) is 5.28 Å². The summed E-state index contributed by atoms with van der Waals surface area (Å²) in [6.07, 6.45) is 1.20. The molecule has 0 amide bonds. The van der Waals surface area contributed by atoms with Crippen LogP contribution in [0.5, 0.6) is 0 Å². The van der Waals surface area contributed by atoms with E-state index in [1.807, 2.05) is 11.0 Å². The third-order valence-electron chi connectivity index (χ3n) is 7.27. The number of halogens is 2. The lowest BCUT2D eigenvalue weighted by molar-refractivity contribution is -0.0511. The summed E-state index contributed by atoms with van der Waals surface area (Å²) >= 11 is 6.31. The molecule has 9 nitrogen and oxygen atoms in total. The minimum absolute atomic E-state index is 0.0312. The fraction of sp³-hybridized carbons (Fsp3) is 0.500. The van der Waals surface area contributed by atoms with Crippen LogP contribution in [-0.4, -0.2) is 66.3 Å². The number of anilines is 2. The molecule has 2 fully saturated rings. The van der Waals surface area contributed by atoms with Crippen molar-refractivity contribution in [3.05, 3.63) is 41.2 Å². The Labute approximate surface area is 193 Å². The van der Waals surface area contributed by atoms with Crippen molar-refractivity contribution in [2.75, 3.05) is 18.1 Å². The standard InChI is InChI=1S/C22H23ClFN5O4/c23-21-26-18(28-9-22(5-1-2-6-22)12-4-3-11(24)7-13(12)28)15-19(27-21)29(10-25-15)20-17(32)16(31)14(8-30)33-20/h3-4,7,10,14,16-17,20,30-32H,1-2,5-6,8-9H2/t14-,16+,17?,20-/m1/s1. The minimum atomic E-state index is -1.29. The van der Waals surface area contributed by atoms with E-state index in [4.69, 9.17) is 16.3 Å². The molecule has 174 valence electrons. The van der Waals surface area contributed by atoms with Crippen LogP contribution >= 0.6 is 11.6 Å². The largest absolute Gasteiger partial charge is 0.394 e. The van der Waals surface area contributed by atoms with Gasteiger partial charge in [0.25, 0.3) is 0 Å². The first-order valence-electron chi connectivity index (χ1n) is 11.0. The van der Waals surface area contributed by atoms with Gasteiger partial charge < -0.3 is 25.0 Å². The molecule has 1 spiro atoms. The van der Waals surface area contributed by atoms with Crippen molar-refractivity contribution in [3.63, 3.8) is 0 Å². The number of benzene rings is 1. The van der Waals surface area contributed by atoms with Crippen molar-refractivity contribution in [3.8, 4) is 0 Å². The number of aliphatic hydroxyl groups excluding tert-OH is 3. The summed E-state index contributed by atoms with van der Waals surface area (Å²) in [5.74, 6) is 0.119. The van der Waals surface area contributed by atoms with Gasteiger partial charge in [-0.1, -0.05) is 18.9 Å². The van der Waals surface area contributed by atoms with Crippen LogP contribution in [-0.2, 0) is 10.2 Å².